The average Bonchev–Trinajstić information content (AvgIpc) is 2.40. The molecule has 1 heterocycles. The molecule has 0 atom stereocenters. The van der Waals surface area contributed by atoms with Gasteiger partial charge in [0.25, 0.3) is 0 Å². The minimum absolute atomic E-state index is 0.0231. The second kappa shape index (κ2) is 6.49. The van der Waals surface area contributed by atoms with E-state index in [9.17, 15) is 10.1 Å². The van der Waals surface area contributed by atoms with Gasteiger partial charge < -0.3 is 10.6 Å². The van der Waals surface area contributed by atoms with Crippen molar-refractivity contribution in [2.75, 3.05) is 10.6 Å². The number of nitrogens with one attached hydrogen (secondary N) is 2. The fourth-order valence-electron chi connectivity index (χ4n) is 1.71. The zero-order chi connectivity index (χ0) is 15.4. The Kier molecular flexibility index (Phi) is 4.69. The third-order valence-corrected chi connectivity index (χ3v) is 3.25. The number of nitrogens with zero attached hydrogens (tertiary/aromatic N) is 3. The molecule has 0 aliphatic heterocycles. The number of para-hydroxylation sites is 1. The Bertz CT molecular complexity index is 663. The van der Waals surface area contributed by atoms with Crippen LogP contribution in [-0.2, 0) is 0 Å². The molecule has 1 aromatic carbocycles. The van der Waals surface area contributed by atoms with Crippen LogP contribution in [0.5, 0.6) is 0 Å². The lowest BCUT2D eigenvalue weighted by atomic mass is 10.3. The predicted octanol–water partition coefficient (Wildman–Crippen LogP) is 3.71. The van der Waals surface area contributed by atoms with Gasteiger partial charge in [-0.2, -0.15) is 0 Å². The predicted molar refractivity (Wildman–Crippen MR) is 84.9 cm³/mol. The molecule has 0 bridgehead atoms. The first-order chi connectivity index (χ1) is 9.99. The molecule has 0 spiro atoms. The van der Waals surface area contributed by atoms with E-state index < -0.39 is 4.92 Å². The van der Waals surface area contributed by atoms with Crippen LogP contribution in [0.25, 0.3) is 0 Å². The minimum Gasteiger partial charge on any atom is -0.362 e. The van der Waals surface area contributed by atoms with Gasteiger partial charge in [0, 0.05) is 10.5 Å². The maximum atomic E-state index is 11.3. The van der Waals surface area contributed by atoms with Crippen molar-refractivity contribution >= 4 is 38.9 Å². The Balaban J connectivity index is 2.44. The van der Waals surface area contributed by atoms with Crippen molar-refractivity contribution in [2.45, 2.75) is 19.9 Å². The molecule has 0 fully saturated rings. The Labute approximate surface area is 130 Å². The van der Waals surface area contributed by atoms with E-state index in [1.54, 1.807) is 6.07 Å². The smallest absolute Gasteiger partial charge is 0.353 e. The number of benzene rings is 1. The zero-order valence-electron chi connectivity index (χ0n) is 11.5. The molecule has 8 heteroatoms. The van der Waals surface area contributed by atoms with Gasteiger partial charge in [-0.3, -0.25) is 10.1 Å². The third-order valence-electron chi connectivity index (χ3n) is 2.56. The summed E-state index contributed by atoms with van der Waals surface area (Å²) >= 11 is 3.38. The highest BCUT2D eigenvalue weighted by molar-refractivity contribution is 9.10. The number of nitro groups is 1. The summed E-state index contributed by atoms with van der Waals surface area (Å²) in [6.45, 7) is 3.76. The molecule has 0 aliphatic carbocycles. The first-order valence-corrected chi connectivity index (χ1v) is 7.06. The van der Waals surface area contributed by atoms with Gasteiger partial charge in [-0.15, -0.1) is 0 Å². The van der Waals surface area contributed by atoms with Crippen LogP contribution in [0.3, 0.4) is 0 Å². The van der Waals surface area contributed by atoms with E-state index >= 15 is 0 Å². The van der Waals surface area contributed by atoms with Crippen LogP contribution in [0, 0.1) is 10.1 Å². The van der Waals surface area contributed by atoms with E-state index in [0.29, 0.717) is 5.69 Å². The van der Waals surface area contributed by atoms with Crippen LogP contribution in [0.2, 0.25) is 0 Å². The maximum absolute atomic E-state index is 11.3. The molecule has 1 aromatic heterocycles. The van der Waals surface area contributed by atoms with Crippen LogP contribution < -0.4 is 10.6 Å². The van der Waals surface area contributed by atoms with Crippen LogP contribution in [0.15, 0.2) is 35.1 Å². The average molecular weight is 352 g/mol. The van der Waals surface area contributed by atoms with Gasteiger partial charge in [0.15, 0.2) is 0 Å². The summed E-state index contributed by atoms with van der Waals surface area (Å²) in [6.07, 6.45) is 1.29. The molecule has 2 aromatic rings. The SMILES string of the molecule is CC(C)Nc1ncnc(Nc2ccccc2Br)c1[N+](=O)[O-]. The summed E-state index contributed by atoms with van der Waals surface area (Å²) < 4.78 is 0.788. The Morgan fingerprint density at radius 2 is 1.90 bits per heavy atom. The van der Waals surface area contributed by atoms with Gasteiger partial charge in [0.1, 0.15) is 6.33 Å². The molecule has 21 heavy (non-hydrogen) atoms. The molecule has 7 nitrogen and oxygen atoms in total. The van der Waals surface area contributed by atoms with Gasteiger partial charge in [-0.05, 0) is 41.9 Å². The topological polar surface area (TPSA) is 93.0 Å². The van der Waals surface area contributed by atoms with Crippen molar-refractivity contribution in [1.82, 2.24) is 9.97 Å². The van der Waals surface area contributed by atoms with Crippen LogP contribution in [0.1, 0.15) is 13.8 Å². The van der Waals surface area contributed by atoms with Gasteiger partial charge in [-0.1, -0.05) is 12.1 Å². The first kappa shape index (κ1) is 15.2. The molecule has 2 N–H and O–H groups in total. The number of halogens is 1. The molecule has 0 saturated heterocycles. The lowest BCUT2D eigenvalue weighted by Crippen LogP contribution is -2.14. The standard InChI is InChI=1S/C13H14BrN5O2/c1-8(2)17-12-11(19(20)21)13(16-7-15-12)18-10-6-4-3-5-9(10)14/h3-8H,1-2H3,(H2,15,16,17,18). The first-order valence-electron chi connectivity index (χ1n) is 6.26. The number of rotatable bonds is 5. The molecule has 110 valence electrons. The summed E-state index contributed by atoms with van der Waals surface area (Å²) in [5.41, 5.74) is 0.511. The van der Waals surface area contributed by atoms with Gasteiger partial charge in [0.2, 0.25) is 11.6 Å². The lowest BCUT2D eigenvalue weighted by molar-refractivity contribution is -0.383. The number of aromatic nitrogens is 2. The van der Waals surface area contributed by atoms with Crippen molar-refractivity contribution in [2.24, 2.45) is 0 Å². The normalized spacial score (nSPS) is 10.5. The molecule has 0 saturated carbocycles. The molecule has 0 amide bonds. The van der Waals surface area contributed by atoms with E-state index in [2.05, 4.69) is 36.5 Å². The van der Waals surface area contributed by atoms with Crippen molar-refractivity contribution in [3.05, 3.63) is 45.2 Å². The van der Waals surface area contributed by atoms with Gasteiger partial charge in [0.05, 0.1) is 10.6 Å². The molecule has 0 radical (unpaired) electrons. The monoisotopic (exact) mass is 351 g/mol. The molecule has 0 unspecified atom stereocenters. The van der Waals surface area contributed by atoms with Crippen molar-refractivity contribution < 1.29 is 4.92 Å². The summed E-state index contributed by atoms with van der Waals surface area (Å²) in [6, 6.07) is 7.34. The summed E-state index contributed by atoms with van der Waals surface area (Å²) in [7, 11) is 0. The summed E-state index contributed by atoms with van der Waals surface area (Å²) in [5.74, 6) is 0.338. The largest absolute Gasteiger partial charge is 0.362 e. The van der Waals surface area contributed by atoms with E-state index in [-0.39, 0.29) is 23.4 Å². The highest BCUT2D eigenvalue weighted by atomic mass is 79.9. The van der Waals surface area contributed by atoms with Crippen molar-refractivity contribution in [3.63, 3.8) is 0 Å². The molecule has 0 aliphatic rings. The highest BCUT2D eigenvalue weighted by Crippen LogP contribution is 2.33. The van der Waals surface area contributed by atoms with E-state index in [0.717, 1.165) is 4.47 Å². The van der Waals surface area contributed by atoms with Crippen molar-refractivity contribution in [1.29, 1.82) is 0 Å². The molecular weight excluding hydrogens is 338 g/mol. The number of anilines is 3. The van der Waals surface area contributed by atoms with Crippen LogP contribution in [0.4, 0.5) is 23.0 Å². The summed E-state index contributed by atoms with van der Waals surface area (Å²) in [5, 5.41) is 17.2. The second-order valence-corrected chi connectivity index (χ2v) is 5.43. The van der Waals surface area contributed by atoms with Gasteiger partial charge >= 0.3 is 5.69 Å². The molecule has 2 rings (SSSR count). The maximum Gasteiger partial charge on any atom is 0.353 e. The third kappa shape index (κ3) is 3.66. The quantitative estimate of drug-likeness (QED) is 0.629. The Morgan fingerprint density at radius 3 is 2.52 bits per heavy atom. The second-order valence-electron chi connectivity index (χ2n) is 4.58. The number of hydrogen-bond acceptors (Lipinski definition) is 6. The van der Waals surface area contributed by atoms with Crippen LogP contribution in [-0.4, -0.2) is 20.9 Å². The zero-order valence-corrected chi connectivity index (χ0v) is 13.1. The van der Waals surface area contributed by atoms with E-state index in [1.807, 2.05) is 32.0 Å². The Morgan fingerprint density at radius 1 is 1.24 bits per heavy atom. The van der Waals surface area contributed by atoms with Crippen molar-refractivity contribution in [3.8, 4) is 0 Å². The van der Waals surface area contributed by atoms with E-state index in [4.69, 9.17) is 0 Å². The lowest BCUT2D eigenvalue weighted by Gasteiger charge is -2.12. The van der Waals surface area contributed by atoms with Gasteiger partial charge in [-0.25, -0.2) is 9.97 Å². The molecular formula is C13H14BrN5O2. The Hall–Kier alpha value is -2.22. The van der Waals surface area contributed by atoms with Crippen LogP contribution >= 0.6 is 15.9 Å². The fraction of sp³-hybridized carbons (Fsp3) is 0.231. The number of hydrogen-bond donors (Lipinski definition) is 2. The highest BCUT2D eigenvalue weighted by Gasteiger charge is 2.23. The minimum atomic E-state index is -0.496. The van der Waals surface area contributed by atoms with E-state index in [1.165, 1.54) is 6.33 Å². The fourth-order valence-corrected chi connectivity index (χ4v) is 2.10. The summed E-state index contributed by atoms with van der Waals surface area (Å²) in [4.78, 5) is 18.8.